The Bertz CT molecular complexity index is 930. The molecule has 6 heteroatoms. The molecule has 5 nitrogen and oxygen atoms in total. The van der Waals surface area contributed by atoms with Crippen LogP contribution in [0.3, 0.4) is 0 Å². The van der Waals surface area contributed by atoms with Gasteiger partial charge in [0, 0.05) is 11.3 Å². The van der Waals surface area contributed by atoms with Crippen LogP contribution in [0.25, 0.3) is 11.1 Å². The van der Waals surface area contributed by atoms with Crippen molar-refractivity contribution in [1.29, 1.82) is 0 Å². The lowest BCUT2D eigenvalue weighted by Gasteiger charge is -2.08. The van der Waals surface area contributed by atoms with Crippen molar-refractivity contribution >= 4 is 28.9 Å². The predicted octanol–water partition coefficient (Wildman–Crippen LogP) is 4.53. The van der Waals surface area contributed by atoms with Gasteiger partial charge in [-0.25, -0.2) is 4.79 Å². The van der Waals surface area contributed by atoms with E-state index in [4.69, 9.17) is 4.74 Å². The van der Waals surface area contributed by atoms with Gasteiger partial charge in [-0.05, 0) is 48.2 Å². The number of rotatable bonds is 6. The minimum Gasteiger partial charge on any atom is -0.482 e. The van der Waals surface area contributed by atoms with Crippen molar-refractivity contribution in [2.75, 3.05) is 19.0 Å². The standard InChI is InChI=1S/C21H19NO4S/c1-14-3-5-15(6-4-14)18-11-12-27-20(18)21(24)22-16-7-9-17(10-8-16)26-13-19(23)25-2/h3-12H,13H2,1-2H3,(H,22,24). The molecule has 0 radical (unpaired) electrons. The van der Waals surface area contributed by atoms with Crippen LogP contribution < -0.4 is 10.1 Å². The van der Waals surface area contributed by atoms with Gasteiger partial charge in [-0.2, -0.15) is 0 Å². The van der Waals surface area contributed by atoms with Crippen LogP contribution in [0.1, 0.15) is 15.2 Å². The lowest BCUT2D eigenvalue weighted by atomic mass is 10.0. The summed E-state index contributed by atoms with van der Waals surface area (Å²) in [5, 5.41) is 4.80. The highest BCUT2D eigenvalue weighted by Gasteiger charge is 2.15. The maximum Gasteiger partial charge on any atom is 0.343 e. The number of anilines is 1. The molecular weight excluding hydrogens is 362 g/mol. The van der Waals surface area contributed by atoms with Crippen LogP contribution >= 0.6 is 11.3 Å². The summed E-state index contributed by atoms with van der Waals surface area (Å²) < 4.78 is 9.82. The first-order valence-electron chi connectivity index (χ1n) is 8.32. The number of carbonyl (C=O) groups excluding carboxylic acids is 2. The van der Waals surface area contributed by atoms with Crippen molar-refractivity contribution in [1.82, 2.24) is 0 Å². The molecule has 3 aromatic rings. The van der Waals surface area contributed by atoms with E-state index < -0.39 is 5.97 Å². The summed E-state index contributed by atoms with van der Waals surface area (Å²) in [7, 11) is 1.31. The molecule has 138 valence electrons. The second-order valence-electron chi connectivity index (χ2n) is 5.87. The fourth-order valence-corrected chi connectivity index (χ4v) is 3.28. The molecule has 0 aliphatic heterocycles. The van der Waals surface area contributed by atoms with Crippen LogP contribution in [0.4, 0.5) is 5.69 Å². The molecule has 27 heavy (non-hydrogen) atoms. The Hall–Kier alpha value is -3.12. The number of methoxy groups -OCH3 is 1. The van der Waals surface area contributed by atoms with Gasteiger partial charge in [-0.3, -0.25) is 4.79 Å². The number of aryl methyl sites for hydroxylation is 1. The highest BCUT2D eigenvalue weighted by atomic mass is 32.1. The Labute approximate surface area is 161 Å². The van der Waals surface area contributed by atoms with Gasteiger partial charge in [-0.1, -0.05) is 29.8 Å². The van der Waals surface area contributed by atoms with E-state index in [9.17, 15) is 9.59 Å². The van der Waals surface area contributed by atoms with Gasteiger partial charge in [0.25, 0.3) is 5.91 Å². The van der Waals surface area contributed by atoms with E-state index in [1.54, 1.807) is 24.3 Å². The molecular formula is C21H19NO4S. The number of hydrogen-bond donors (Lipinski definition) is 1. The minimum absolute atomic E-state index is 0.155. The Kier molecular flexibility index (Phi) is 5.88. The second kappa shape index (κ2) is 8.51. The number of thiophene rings is 1. The monoisotopic (exact) mass is 381 g/mol. The molecule has 0 saturated heterocycles. The number of esters is 1. The van der Waals surface area contributed by atoms with Crippen LogP contribution in [0.15, 0.2) is 60.0 Å². The van der Waals surface area contributed by atoms with E-state index in [2.05, 4.69) is 10.1 Å². The van der Waals surface area contributed by atoms with Gasteiger partial charge >= 0.3 is 5.97 Å². The second-order valence-corrected chi connectivity index (χ2v) is 6.79. The molecule has 0 aliphatic carbocycles. The van der Waals surface area contributed by atoms with Crippen molar-refractivity contribution in [3.05, 3.63) is 70.4 Å². The average molecular weight is 381 g/mol. The van der Waals surface area contributed by atoms with Crippen LogP contribution in [0.5, 0.6) is 5.75 Å². The van der Waals surface area contributed by atoms with Crippen LogP contribution in [-0.4, -0.2) is 25.6 Å². The first-order valence-corrected chi connectivity index (χ1v) is 9.20. The summed E-state index contributed by atoms with van der Waals surface area (Å²) in [6.07, 6.45) is 0. The quantitative estimate of drug-likeness (QED) is 0.637. The van der Waals surface area contributed by atoms with Gasteiger partial charge in [0.2, 0.25) is 0 Å². The number of benzene rings is 2. The Balaban J connectivity index is 1.68. The SMILES string of the molecule is COC(=O)COc1ccc(NC(=O)c2sccc2-c2ccc(C)cc2)cc1. The normalized spacial score (nSPS) is 10.3. The summed E-state index contributed by atoms with van der Waals surface area (Å²) in [4.78, 5) is 24.4. The molecule has 1 N–H and O–H groups in total. The maximum absolute atomic E-state index is 12.7. The summed E-state index contributed by atoms with van der Waals surface area (Å²) in [5.74, 6) is -0.0904. The zero-order chi connectivity index (χ0) is 19.2. The van der Waals surface area contributed by atoms with E-state index in [0.717, 1.165) is 11.1 Å². The van der Waals surface area contributed by atoms with E-state index in [0.29, 0.717) is 16.3 Å². The Morgan fingerprint density at radius 2 is 1.70 bits per heavy atom. The van der Waals surface area contributed by atoms with Gasteiger partial charge in [0.05, 0.1) is 12.0 Å². The third-order valence-corrected chi connectivity index (χ3v) is 4.84. The lowest BCUT2D eigenvalue weighted by molar-refractivity contribution is -0.142. The topological polar surface area (TPSA) is 64.6 Å². The third kappa shape index (κ3) is 4.74. The molecule has 2 aromatic carbocycles. The van der Waals surface area contributed by atoms with Gasteiger partial charge < -0.3 is 14.8 Å². The third-order valence-electron chi connectivity index (χ3n) is 3.93. The highest BCUT2D eigenvalue weighted by Crippen LogP contribution is 2.29. The van der Waals surface area contributed by atoms with E-state index in [1.807, 2.05) is 42.6 Å². The van der Waals surface area contributed by atoms with Crippen molar-refractivity contribution in [2.24, 2.45) is 0 Å². The van der Waals surface area contributed by atoms with Crippen LogP contribution in [0.2, 0.25) is 0 Å². The zero-order valence-electron chi connectivity index (χ0n) is 15.0. The first kappa shape index (κ1) is 18.7. The molecule has 1 aromatic heterocycles. The smallest absolute Gasteiger partial charge is 0.343 e. The molecule has 0 saturated carbocycles. The molecule has 0 atom stereocenters. The minimum atomic E-state index is -0.450. The van der Waals surface area contributed by atoms with Crippen molar-refractivity contribution < 1.29 is 19.1 Å². The van der Waals surface area contributed by atoms with Gasteiger partial charge in [0.1, 0.15) is 5.75 Å². The maximum atomic E-state index is 12.7. The summed E-state index contributed by atoms with van der Waals surface area (Å²) in [6, 6.07) is 16.9. The molecule has 0 unspecified atom stereocenters. The average Bonchev–Trinajstić information content (AvgIpc) is 3.17. The molecule has 3 rings (SSSR count). The van der Waals surface area contributed by atoms with Crippen LogP contribution in [-0.2, 0) is 9.53 Å². The van der Waals surface area contributed by atoms with Crippen molar-refractivity contribution in [2.45, 2.75) is 6.92 Å². The Morgan fingerprint density at radius 1 is 1.00 bits per heavy atom. The molecule has 0 bridgehead atoms. The highest BCUT2D eigenvalue weighted by molar-refractivity contribution is 7.12. The van der Waals surface area contributed by atoms with E-state index in [1.165, 1.54) is 24.0 Å². The van der Waals surface area contributed by atoms with Crippen LogP contribution in [0, 0.1) is 6.92 Å². The fourth-order valence-electron chi connectivity index (χ4n) is 2.47. The molecule has 0 fully saturated rings. The number of nitrogens with one attached hydrogen (secondary N) is 1. The lowest BCUT2D eigenvalue weighted by Crippen LogP contribution is -2.13. The number of ether oxygens (including phenoxy) is 2. The summed E-state index contributed by atoms with van der Waals surface area (Å²) in [5.41, 5.74) is 3.75. The molecule has 0 spiro atoms. The number of carbonyl (C=O) groups is 2. The summed E-state index contributed by atoms with van der Waals surface area (Å²) in [6.45, 7) is 1.88. The number of hydrogen-bond acceptors (Lipinski definition) is 5. The molecule has 1 amide bonds. The van der Waals surface area contributed by atoms with Gasteiger partial charge in [0.15, 0.2) is 6.61 Å². The summed E-state index contributed by atoms with van der Waals surface area (Å²) >= 11 is 1.40. The van der Waals surface area contributed by atoms with Crippen molar-refractivity contribution in [3.8, 4) is 16.9 Å². The number of amides is 1. The fraction of sp³-hybridized carbons (Fsp3) is 0.143. The largest absolute Gasteiger partial charge is 0.482 e. The Morgan fingerprint density at radius 3 is 2.37 bits per heavy atom. The van der Waals surface area contributed by atoms with E-state index >= 15 is 0 Å². The predicted molar refractivity (Wildman–Crippen MR) is 106 cm³/mol. The van der Waals surface area contributed by atoms with Crippen molar-refractivity contribution in [3.63, 3.8) is 0 Å². The van der Waals surface area contributed by atoms with E-state index in [-0.39, 0.29) is 12.5 Å². The zero-order valence-corrected chi connectivity index (χ0v) is 15.8. The first-order chi connectivity index (χ1) is 13.1. The molecule has 1 heterocycles. The molecule has 0 aliphatic rings. The van der Waals surface area contributed by atoms with Gasteiger partial charge in [-0.15, -0.1) is 11.3 Å².